The molecule has 2 unspecified atom stereocenters. The average Bonchev–Trinajstić information content (AvgIpc) is 2.85. The van der Waals surface area contributed by atoms with E-state index in [0.717, 1.165) is 31.5 Å². The number of ether oxygens (including phenoxy) is 1. The van der Waals surface area contributed by atoms with Crippen LogP contribution in [0, 0.1) is 0 Å². The summed E-state index contributed by atoms with van der Waals surface area (Å²) in [6.07, 6.45) is 5.08. The van der Waals surface area contributed by atoms with Gasteiger partial charge in [-0.1, -0.05) is 6.42 Å². The molecule has 0 bridgehead atoms. The molecule has 98 valence electrons. The molecule has 6 heteroatoms. The van der Waals surface area contributed by atoms with Crippen LogP contribution in [0.15, 0.2) is 0 Å². The molecule has 1 aromatic rings. The van der Waals surface area contributed by atoms with Crippen LogP contribution in [0.1, 0.15) is 50.8 Å². The van der Waals surface area contributed by atoms with E-state index in [0.29, 0.717) is 11.9 Å². The van der Waals surface area contributed by atoms with Crippen molar-refractivity contribution in [3.05, 3.63) is 5.82 Å². The standard InChI is InChI=1S/C12H18N4O2/c1-7-5-6-9(18-7)11(17)14-12-13-10(15-16-12)8-3-2-4-8/h7-9H,2-6H2,1H3,(H2,13,14,15,16,17). The predicted octanol–water partition coefficient (Wildman–Crippen LogP) is 1.58. The lowest BCUT2D eigenvalue weighted by atomic mass is 9.85. The second-order valence-corrected chi connectivity index (χ2v) is 5.17. The Hall–Kier alpha value is -1.43. The minimum absolute atomic E-state index is 0.140. The van der Waals surface area contributed by atoms with E-state index in [1.54, 1.807) is 0 Å². The van der Waals surface area contributed by atoms with Crippen LogP contribution >= 0.6 is 0 Å². The zero-order valence-electron chi connectivity index (χ0n) is 10.5. The maximum atomic E-state index is 11.9. The van der Waals surface area contributed by atoms with E-state index >= 15 is 0 Å². The number of nitrogens with one attached hydrogen (secondary N) is 2. The first kappa shape index (κ1) is 11.6. The number of aromatic amines is 1. The number of amides is 1. The molecule has 2 heterocycles. The quantitative estimate of drug-likeness (QED) is 0.853. The van der Waals surface area contributed by atoms with E-state index in [9.17, 15) is 4.79 Å². The highest BCUT2D eigenvalue weighted by Gasteiger charge is 2.29. The van der Waals surface area contributed by atoms with Crippen LogP contribution in [0.25, 0.3) is 0 Å². The van der Waals surface area contributed by atoms with Gasteiger partial charge in [-0.2, -0.15) is 4.98 Å². The smallest absolute Gasteiger partial charge is 0.255 e. The van der Waals surface area contributed by atoms with Gasteiger partial charge in [0.05, 0.1) is 6.10 Å². The van der Waals surface area contributed by atoms with Gasteiger partial charge in [0, 0.05) is 5.92 Å². The number of hydrogen-bond acceptors (Lipinski definition) is 4. The maximum Gasteiger partial charge on any atom is 0.255 e. The molecule has 6 nitrogen and oxygen atoms in total. The summed E-state index contributed by atoms with van der Waals surface area (Å²) < 4.78 is 5.50. The Balaban J connectivity index is 1.58. The van der Waals surface area contributed by atoms with Crippen molar-refractivity contribution in [1.29, 1.82) is 0 Å². The fourth-order valence-electron chi connectivity index (χ4n) is 2.38. The molecule has 0 spiro atoms. The minimum atomic E-state index is -0.356. The molecule has 2 atom stereocenters. The molecular formula is C12H18N4O2. The molecule has 2 N–H and O–H groups in total. The van der Waals surface area contributed by atoms with Gasteiger partial charge in [0.25, 0.3) is 5.91 Å². The van der Waals surface area contributed by atoms with Gasteiger partial charge in [-0.05, 0) is 32.6 Å². The van der Waals surface area contributed by atoms with Crippen LogP contribution in [0.2, 0.25) is 0 Å². The highest BCUT2D eigenvalue weighted by Crippen LogP contribution is 2.34. The van der Waals surface area contributed by atoms with Gasteiger partial charge in [-0.25, -0.2) is 0 Å². The first-order valence-electron chi connectivity index (χ1n) is 6.61. The SMILES string of the molecule is CC1CCC(C(=O)Nc2n[nH]c(C3CCC3)n2)O1. The number of nitrogens with zero attached hydrogens (tertiary/aromatic N) is 2. The molecule has 18 heavy (non-hydrogen) atoms. The highest BCUT2D eigenvalue weighted by molar-refractivity contribution is 5.92. The minimum Gasteiger partial charge on any atom is -0.365 e. The molecule has 1 aromatic heterocycles. The van der Waals surface area contributed by atoms with Crippen molar-refractivity contribution in [1.82, 2.24) is 15.2 Å². The molecule has 3 rings (SSSR count). The molecule has 0 radical (unpaired) electrons. The van der Waals surface area contributed by atoms with Crippen LogP contribution in [0.3, 0.4) is 0 Å². The third kappa shape index (κ3) is 2.25. The van der Waals surface area contributed by atoms with Crippen molar-refractivity contribution in [2.24, 2.45) is 0 Å². The van der Waals surface area contributed by atoms with Gasteiger partial charge in [0.1, 0.15) is 11.9 Å². The average molecular weight is 250 g/mol. The summed E-state index contributed by atoms with van der Waals surface area (Å²) in [7, 11) is 0. The number of carbonyl (C=O) groups excluding carboxylic acids is 1. The topological polar surface area (TPSA) is 79.9 Å². The summed E-state index contributed by atoms with van der Waals surface area (Å²) in [5.41, 5.74) is 0. The van der Waals surface area contributed by atoms with Gasteiger partial charge in [0.15, 0.2) is 0 Å². The Labute approximate surface area is 106 Å². The van der Waals surface area contributed by atoms with Crippen molar-refractivity contribution < 1.29 is 9.53 Å². The van der Waals surface area contributed by atoms with Gasteiger partial charge >= 0.3 is 0 Å². The van der Waals surface area contributed by atoms with E-state index in [4.69, 9.17) is 4.74 Å². The third-order valence-corrected chi connectivity index (χ3v) is 3.75. The van der Waals surface area contributed by atoms with Crippen LogP contribution in [-0.2, 0) is 9.53 Å². The number of rotatable bonds is 3. The van der Waals surface area contributed by atoms with E-state index in [1.807, 2.05) is 6.92 Å². The molecule has 1 saturated carbocycles. The molecule has 0 aromatic carbocycles. The molecule has 1 saturated heterocycles. The first-order chi connectivity index (χ1) is 8.72. The summed E-state index contributed by atoms with van der Waals surface area (Å²) in [4.78, 5) is 16.2. The summed E-state index contributed by atoms with van der Waals surface area (Å²) in [6.45, 7) is 1.98. The van der Waals surface area contributed by atoms with Crippen molar-refractivity contribution >= 4 is 11.9 Å². The van der Waals surface area contributed by atoms with Crippen LogP contribution < -0.4 is 5.32 Å². The Morgan fingerprint density at radius 1 is 1.39 bits per heavy atom. The summed E-state index contributed by atoms with van der Waals surface area (Å²) in [5, 5.41) is 9.63. The second kappa shape index (κ2) is 4.68. The van der Waals surface area contributed by atoms with Crippen LogP contribution in [-0.4, -0.2) is 33.3 Å². The van der Waals surface area contributed by atoms with Crippen molar-refractivity contribution in [3.63, 3.8) is 0 Å². The number of anilines is 1. The van der Waals surface area contributed by atoms with Crippen molar-refractivity contribution in [2.75, 3.05) is 5.32 Å². The normalized spacial score (nSPS) is 28.1. The Kier molecular flexibility index (Phi) is 3.03. The number of H-pyrrole nitrogens is 1. The van der Waals surface area contributed by atoms with E-state index in [1.165, 1.54) is 6.42 Å². The zero-order chi connectivity index (χ0) is 12.5. The lowest BCUT2D eigenvalue weighted by Gasteiger charge is -2.22. The maximum absolute atomic E-state index is 11.9. The third-order valence-electron chi connectivity index (χ3n) is 3.75. The Bertz CT molecular complexity index is 441. The van der Waals surface area contributed by atoms with Crippen LogP contribution in [0.5, 0.6) is 0 Å². The van der Waals surface area contributed by atoms with Gasteiger partial charge < -0.3 is 4.74 Å². The summed E-state index contributed by atoms with van der Waals surface area (Å²) in [6, 6.07) is 0. The van der Waals surface area contributed by atoms with E-state index < -0.39 is 0 Å². The molecule has 1 amide bonds. The van der Waals surface area contributed by atoms with E-state index in [2.05, 4.69) is 20.5 Å². The molecule has 2 aliphatic rings. The monoisotopic (exact) mass is 250 g/mol. The van der Waals surface area contributed by atoms with Gasteiger partial charge in [-0.3, -0.25) is 15.2 Å². The number of hydrogen-bond donors (Lipinski definition) is 2. The van der Waals surface area contributed by atoms with Crippen LogP contribution in [0.4, 0.5) is 5.95 Å². The number of aromatic nitrogens is 3. The van der Waals surface area contributed by atoms with Gasteiger partial charge in [-0.15, -0.1) is 5.10 Å². The van der Waals surface area contributed by atoms with Gasteiger partial charge in [0.2, 0.25) is 5.95 Å². The van der Waals surface area contributed by atoms with Crippen molar-refractivity contribution in [2.45, 2.75) is 57.2 Å². The van der Waals surface area contributed by atoms with Crippen molar-refractivity contribution in [3.8, 4) is 0 Å². The predicted molar refractivity (Wildman–Crippen MR) is 65.2 cm³/mol. The fourth-order valence-corrected chi connectivity index (χ4v) is 2.38. The fraction of sp³-hybridized carbons (Fsp3) is 0.750. The molecular weight excluding hydrogens is 232 g/mol. The number of carbonyl (C=O) groups is 1. The first-order valence-corrected chi connectivity index (χ1v) is 6.61. The largest absolute Gasteiger partial charge is 0.365 e. The molecule has 2 fully saturated rings. The molecule has 1 aliphatic carbocycles. The lowest BCUT2D eigenvalue weighted by Crippen LogP contribution is -2.28. The molecule has 1 aliphatic heterocycles. The Morgan fingerprint density at radius 3 is 2.83 bits per heavy atom. The summed E-state index contributed by atoms with van der Waals surface area (Å²) >= 11 is 0. The Morgan fingerprint density at radius 2 is 2.22 bits per heavy atom. The zero-order valence-corrected chi connectivity index (χ0v) is 10.5. The summed E-state index contributed by atoms with van der Waals surface area (Å²) in [5.74, 6) is 1.60. The van der Waals surface area contributed by atoms with E-state index in [-0.39, 0.29) is 18.1 Å². The second-order valence-electron chi connectivity index (χ2n) is 5.17. The lowest BCUT2D eigenvalue weighted by molar-refractivity contribution is -0.126. The highest BCUT2D eigenvalue weighted by atomic mass is 16.5.